The van der Waals surface area contributed by atoms with Crippen LogP contribution < -0.4 is 14.5 Å². The fraction of sp³-hybridized carbons (Fsp3) is 0.250. The zero-order valence-electron chi connectivity index (χ0n) is 16.6. The Morgan fingerprint density at radius 1 is 1.17 bits per heavy atom. The molecule has 0 fully saturated rings. The number of anilines is 1. The minimum atomic E-state index is -0.437. The molecule has 154 valence electrons. The van der Waals surface area contributed by atoms with Crippen LogP contribution in [0.25, 0.3) is 0 Å². The number of aromatic nitrogens is 2. The largest absolute Gasteiger partial charge is 0.493 e. The average molecular weight is 409 g/mol. The van der Waals surface area contributed by atoms with Crippen molar-refractivity contribution in [2.24, 2.45) is 5.10 Å². The Labute approximate surface area is 171 Å². The highest BCUT2D eigenvalue weighted by molar-refractivity contribution is 6.14. The maximum absolute atomic E-state index is 11.1. The SMILES string of the molecule is COc1cc2c(cc1OC)C(c1ccc([N+](=O)[O-])cc1)=NN(c1nnco1)C(C)C2. The number of nitro benzene ring substituents is 1. The summed E-state index contributed by atoms with van der Waals surface area (Å²) >= 11 is 0. The molecule has 0 amide bonds. The van der Waals surface area contributed by atoms with Crippen molar-refractivity contribution < 1.29 is 18.8 Å². The van der Waals surface area contributed by atoms with E-state index in [4.69, 9.17) is 19.0 Å². The summed E-state index contributed by atoms with van der Waals surface area (Å²) in [6.45, 7) is 1.99. The molecule has 30 heavy (non-hydrogen) atoms. The van der Waals surface area contributed by atoms with Crippen molar-refractivity contribution in [2.45, 2.75) is 19.4 Å². The van der Waals surface area contributed by atoms with Gasteiger partial charge in [-0.15, -0.1) is 5.10 Å². The summed E-state index contributed by atoms with van der Waals surface area (Å²) in [6.07, 6.45) is 1.87. The van der Waals surface area contributed by atoms with Gasteiger partial charge in [0, 0.05) is 23.3 Å². The maximum atomic E-state index is 11.1. The highest BCUT2D eigenvalue weighted by Gasteiger charge is 2.28. The van der Waals surface area contributed by atoms with Crippen LogP contribution in [0.1, 0.15) is 23.6 Å². The van der Waals surface area contributed by atoms with Gasteiger partial charge in [0.2, 0.25) is 6.39 Å². The molecule has 4 rings (SSSR count). The topological polar surface area (TPSA) is 116 Å². The number of hydrogen-bond acceptors (Lipinski definition) is 9. The van der Waals surface area contributed by atoms with Gasteiger partial charge in [-0.1, -0.05) is 5.10 Å². The maximum Gasteiger partial charge on any atom is 0.339 e. The summed E-state index contributed by atoms with van der Waals surface area (Å²) in [7, 11) is 3.15. The predicted octanol–water partition coefficient (Wildman–Crippen LogP) is 3.20. The minimum Gasteiger partial charge on any atom is -0.493 e. The van der Waals surface area contributed by atoms with E-state index in [2.05, 4.69) is 10.2 Å². The van der Waals surface area contributed by atoms with Crippen LogP contribution in [0, 0.1) is 10.1 Å². The number of rotatable bonds is 5. The zero-order valence-corrected chi connectivity index (χ0v) is 16.6. The summed E-state index contributed by atoms with van der Waals surface area (Å²) in [5.74, 6) is 1.17. The van der Waals surface area contributed by atoms with Gasteiger partial charge in [0.15, 0.2) is 11.5 Å². The van der Waals surface area contributed by atoms with E-state index in [0.717, 1.165) is 11.1 Å². The lowest BCUT2D eigenvalue weighted by Crippen LogP contribution is -2.29. The Balaban J connectivity index is 1.92. The van der Waals surface area contributed by atoms with Gasteiger partial charge in [-0.05, 0) is 43.2 Å². The van der Waals surface area contributed by atoms with Crippen molar-refractivity contribution in [3.05, 3.63) is 69.6 Å². The van der Waals surface area contributed by atoms with E-state index in [0.29, 0.717) is 29.2 Å². The molecule has 10 heteroatoms. The molecule has 0 spiro atoms. The van der Waals surface area contributed by atoms with Gasteiger partial charge in [0.05, 0.1) is 30.9 Å². The summed E-state index contributed by atoms with van der Waals surface area (Å²) in [5, 5.41) is 25.3. The van der Waals surface area contributed by atoms with Gasteiger partial charge in [0.25, 0.3) is 5.69 Å². The van der Waals surface area contributed by atoms with Crippen LogP contribution >= 0.6 is 0 Å². The first-order valence-electron chi connectivity index (χ1n) is 9.16. The number of methoxy groups -OCH3 is 2. The standard InChI is InChI=1S/C20H19N5O5/c1-12-8-14-9-17(28-2)18(29-3)10-16(14)19(23-24(12)20-22-21-11-30-20)13-4-6-15(7-5-13)25(26)27/h4-7,9-12H,8H2,1-3H3. The van der Waals surface area contributed by atoms with Crippen LogP contribution in [0.5, 0.6) is 11.5 Å². The first-order chi connectivity index (χ1) is 14.5. The van der Waals surface area contributed by atoms with Crippen molar-refractivity contribution in [1.29, 1.82) is 0 Å². The second-order valence-corrected chi connectivity index (χ2v) is 6.74. The van der Waals surface area contributed by atoms with Gasteiger partial charge in [-0.3, -0.25) is 10.1 Å². The fourth-order valence-corrected chi connectivity index (χ4v) is 3.43. The molecule has 1 aliphatic rings. The van der Waals surface area contributed by atoms with Gasteiger partial charge in [-0.2, -0.15) is 5.10 Å². The minimum absolute atomic E-state index is 0.00244. The number of nitro groups is 1. The van der Waals surface area contributed by atoms with Crippen LogP contribution in [-0.2, 0) is 6.42 Å². The van der Waals surface area contributed by atoms with Gasteiger partial charge < -0.3 is 13.9 Å². The first-order valence-corrected chi connectivity index (χ1v) is 9.16. The highest BCUT2D eigenvalue weighted by Crippen LogP contribution is 2.35. The molecule has 2 heterocycles. The molecule has 10 nitrogen and oxygen atoms in total. The normalized spacial score (nSPS) is 15.8. The Morgan fingerprint density at radius 2 is 1.87 bits per heavy atom. The van der Waals surface area contributed by atoms with Crippen molar-refractivity contribution in [3.63, 3.8) is 0 Å². The second-order valence-electron chi connectivity index (χ2n) is 6.74. The number of non-ortho nitro benzene ring substituents is 1. The second kappa shape index (κ2) is 7.82. The molecule has 2 aromatic carbocycles. The van der Waals surface area contributed by atoms with Gasteiger partial charge >= 0.3 is 6.01 Å². The zero-order chi connectivity index (χ0) is 21.3. The number of nitrogens with zero attached hydrogens (tertiary/aromatic N) is 5. The van der Waals surface area contributed by atoms with Crippen LogP contribution in [0.15, 0.2) is 52.3 Å². The van der Waals surface area contributed by atoms with E-state index in [1.807, 2.05) is 19.1 Å². The first kappa shape index (κ1) is 19.4. The lowest BCUT2D eigenvalue weighted by Gasteiger charge is -2.20. The summed E-state index contributed by atoms with van der Waals surface area (Å²) < 4.78 is 16.3. The predicted molar refractivity (Wildman–Crippen MR) is 108 cm³/mol. The third kappa shape index (κ3) is 3.43. The number of hydrogen-bond donors (Lipinski definition) is 0. The highest BCUT2D eigenvalue weighted by atomic mass is 16.6. The molecule has 0 radical (unpaired) electrons. The van der Waals surface area contributed by atoms with E-state index in [-0.39, 0.29) is 17.7 Å². The molecule has 1 aromatic heterocycles. The molecule has 0 saturated heterocycles. The Hall–Kier alpha value is -3.95. The van der Waals surface area contributed by atoms with E-state index in [9.17, 15) is 10.1 Å². The smallest absolute Gasteiger partial charge is 0.339 e. The molecule has 1 aliphatic heterocycles. The molecule has 0 bridgehead atoms. The molecule has 0 N–H and O–H groups in total. The molecule has 3 aromatic rings. The Morgan fingerprint density at radius 3 is 2.47 bits per heavy atom. The quantitative estimate of drug-likeness (QED) is 0.466. The number of fused-ring (bicyclic) bond motifs is 1. The average Bonchev–Trinajstić information content (AvgIpc) is 3.24. The summed E-state index contributed by atoms with van der Waals surface area (Å²) in [6, 6.07) is 10.2. The third-order valence-electron chi connectivity index (χ3n) is 4.90. The third-order valence-corrected chi connectivity index (χ3v) is 4.90. The summed E-state index contributed by atoms with van der Waals surface area (Å²) in [4.78, 5) is 10.6. The van der Waals surface area contributed by atoms with E-state index < -0.39 is 4.92 Å². The van der Waals surface area contributed by atoms with Crippen LogP contribution in [0.2, 0.25) is 0 Å². The number of benzene rings is 2. The van der Waals surface area contributed by atoms with Crippen LogP contribution in [0.3, 0.4) is 0 Å². The van der Waals surface area contributed by atoms with Crippen molar-refractivity contribution >= 4 is 17.4 Å². The molecular weight excluding hydrogens is 390 g/mol. The van der Waals surface area contributed by atoms with E-state index in [1.54, 1.807) is 31.4 Å². The lowest BCUT2D eigenvalue weighted by molar-refractivity contribution is -0.384. The Bertz CT molecular complexity index is 1100. The van der Waals surface area contributed by atoms with Crippen LogP contribution in [0.4, 0.5) is 11.7 Å². The molecule has 0 saturated carbocycles. The molecular formula is C20H19N5O5. The number of ether oxygens (including phenoxy) is 2. The molecule has 1 unspecified atom stereocenters. The van der Waals surface area contributed by atoms with Gasteiger partial charge in [-0.25, -0.2) is 5.01 Å². The lowest BCUT2D eigenvalue weighted by atomic mass is 9.94. The van der Waals surface area contributed by atoms with Crippen LogP contribution in [-0.4, -0.2) is 41.1 Å². The molecule has 1 atom stereocenters. The van der Waals surface area contributed by atoms with E-state index >= 15 is 0 Å². The summed E-state index contributed by atoms with van der Waals surface area (Å²) in [5.41, 5.74) is 3.12. The monoisotopic (exact) mass is 409 g/mol. The van der Waals surface area contributed by atoms with Crippen molar-refractivity contribution in [3.8, 4) is 11.5 Å². The van der Waals surface area contributed by atoms with E-state index in [1.165, 1.54) is 18.5 Å². The number of hydrazone groups is 1. The Kier molecular flexibility index (Phi) is 5.05. The van der Waals surface area contributed by atoms with Gasteiger partial charge in [0.1, 0.15) is 0 Å². The van der Waals surface area contributed by atoms with Crippen molar-refractivity contribution in [1.82, 2.24) is 10.2 Å². The molecule has 0 aliphatic carbocycles. The van der Waals surface area contributed by atoms with Crippen molar-refractivity contribution in [2.75, 3.05) is 19.2 Å². The fourth-order valence-electron chi connectivity index (χ4n) is 3.43.